The minimum Gasteiger partial charge on any atom is -0.448 e. The lowest BCUT2D eigenvalue weighted by Gasteiger charge is -2.14. The van der Waals surface area contributed by atoms with Crippen molar-refractivity contribution in [1.29, 1.82) is 0 Å². The van der Waals surface area contributed by atoms with Crippen LogP contribution in [0.1, 0.15) is 0 Å². The Kier molecular flexibility index (Phi) is 3.96. The Balaban J connectivity index is 2.89. The second-order valence-corrected chi connectivity index (χ2v) is 5.08. The molecule has 0 bridgehead atoms. The topological polar surface area (TPSA) is 89.3 Å². The Hall–Kier alpha value is -1.62. The Labute approximate surface area is 100 Å². The van der Waals surface area contributed by atoms with Gasteiger partial charge in [-0.15, -0.1) is 0 Å². The number of benzene rings is 1. The first-order valence-corrected chi connectivity index (χ1v) is 6.05. The monoisotopic (exact) mass is 283 g/mol. The number of nitro benzene ring substituents is 1. The summed E-state index contributed by atoms with van der Waals surface area (Å²) in [6.07, 6.45) is -1.64. The summed E-state index contributed by atoms with van der Waals surface area (Å²) in [4.78, 5) is 9.10. The Bertz CT molecular complexity index is 543. The van der Waals surface area contributed by atoms with Crippen LogP contribution in [0.25, 0.3) is 0 Å². The van der Waals surface area contributed by atoms with E-state index >= 15 is 0 Å². The number of hydrogen-bond acceptors (Lipinski definition) is 4. The number of non-ortho nitro benzene ring substituents is 1. The molecular weight excluding hydrogens is 276 g/mol. The molecule has 0 saturated heterocycles. The van der Waals surface area contributed by atoms with Crippen molar-refractivity contribution in [2.45, 2.75) is 4.90 Å². The predicted octanol–water partition coefficient (Wildman–Crippen LogP) is 1.26. The van der Waals surface area contributed by atoms with Gasteiger partial charge in [0.05, 0.1) is 9.82 Å². The molecule has 0 fully saturated rings. The maximum absolute atomic E-state index is 11.9. The third kappa shape index (κ3) is 4.00. The highest BCUT2D eigenvalue weighted by Crippen LogP contribution is 2.16. The van der Waals surface area contributed by atoms with Crippen LogP contribution in [-0.4, -0.2) is 26.8 Å². The molecule has 6 nitrogen and oxygen atoms in total. The molecule has 1 N–H and O–H groups in total. The predicted molar refractivity (Wildman–Crippen MR) is 57.4 cm³/mol. The smallest absolute Gasteiger partial charge is 0.448 e. The third-order valence-corrected chi connectivity index (χ3v) is 3.30. The van der Waals surface area contributed by atoms with Gasteiger partial charge in [0.1, 0.15) is 0 Å². The summed E-state index contributed by atoms with van der Waals surface area (Å²) in [5.74, 6) is 0. The zero-order valence-corrected chi connectivity index (χ0v) is 9.53. The summed E-state index contributed by atoms with van der Waals surface area (Å²) in [5.41, 5.74) is -0.353. The van der Waals surface area contributed by atoms with Crippen molar-refractivity contribution in [3.63, 3.8) is 0 Å². The van der Waals surface area contributed by atoms with Gasteiger partial charge in [-0.3, -0.25) is 10.1 Å². The average molecular weight is 283 g/mol. The lowest BCUT2D eigenvalue weighted by atomic mass is 9.93. The van der Waals surface area contributed by atoms with E-state index in [0.717, 1.165) is 24.3 Å². The van der Waals surface area contributed by atoms with Crippen molar-refractivity contribution in [2.24, 2.45) is 0 Å². The molecule has 0 atom stereocenters. The molecule has 0 heterocycles. The zero-order valence-electron chi connectivity index (χ0n) is 8.72. The molecule has 0 aliphatic carbocycles. The molecule has 0 amide bonds. The molecule has 0 aliphatic heterocycles. The molecule has 0 aliphatic rings. The van der Waals surface area contributed by atoms with E-state index in [4.69, 9.17) is 0 Å². The lowest BCUT2D eigenvalue weighted by Crippen LogP contribution is -2.37. The van der Waals surface area contributed by atoms with Crippen LogP contribution in [0.4, 0.5) is 18.6 Å². The summed E-state index contributed by atoms with van der Waals surface area (Å²) >= 11 is 0. The van der Waals surface area contributed by atoms with Crippen LogP contribution < -0.4 is 4.72 Å². The Morgan fingerprint density at radius 3 is 2.11 bits per heavy atom. The number of hydrogen-bond donors (Lipinski definition) is 1. The fraction of sp³-hybridized carbons (Fsp3) is 0.143. The number of nitrogens with one attached hydrogen (secondary N) is 1. The van der Waals surface area contributed by atoms with Crippen LogP contribution in [0.5, 0.6) is 0 Å². The maximum Gasteiger partial charge on any atom is 0.492 e. The fourth-order valence-corrected chi connectivity index (χ4v) is 2.10. The standard InChI is InChI=1S/C7H7BF3N2O4S/c9-8(10,11)5-12-18(16,17)7-3-1-6(2-4-7)13(14)15/h1-4,12H,5H2/q-1. The third-order valence-electron chi connectivity index (χ3n) is 1.86. The summed E-state index contributed by atoms with van der Waals surface area (Å²) in [6, 6.07) is 3.52. The van der Waals surface area contributed by atoms with Crippen molar-refractivity contribution in [2.75, 3.05) is 6.44 Å². The van der Waals surface area contributed by atoms with Gasteiger partial charge < -0.3 is 12.9 Å². The highest BCUT2D eigenvalue weighted by Gasteiger charge is 2.26. The minimum absolute atomic E-state index is 0.353. The molecule has 100 valence electrons. The molecule has 0 radical (unpaired) electrons. The van der Waals surface area contributed by atoms with Crippen molar-refractivity contribution >= 4 is 22.7 Å². The van der Waals surface area contributed by atoms with Gasteiger partial charge in [-0.05, 0) is 18.6 Å². The van der Waals surface area contributed by atoms with Crippen LogP contribution in [0, 0.1) is 10.1 Å². The molecule has 0 unspecified atom stereocenters. The molecule has 0 spiro atoms. The molecule has 1 aromatic rings. The number of nitro groups is 1. The first kappa shape index (κ1) is 14.4. The van der Waals surface area contributed by atoms with E-state index in [9.17, 15) is 31.5 Å². The van der Waals surface area contributed by atoms with Crippen molar-refractivity contribution in [1.82, 2.24) is 4.72 Å². The van der Waals surface area contributed by atoms with E-state index in [1.807, 2.05) is 0 Å². The van der Waals surface area contributed by atoms with Crippen molar-refractivity contribution < 1.29 is 26.3 Å². The first-order valence-electron chi connectivity index (χ1n) is 4.57. The quantitative estimate of drug-likeness (QED) is 0.500. The van der Waals surface area contributed by atoms with Gasteiger partial charge in [0.25, 0.3) is 5.69 Å². The molecule has 1 rings (SSSR count). The van der Waals surface area contributed by atoms with E-state index in [-0.39, 0.29) is 5.69 Å². The Morgan fingerprint density at radius 1 is 1.22 bits per heavy atom. The number of rotatable bonds is 5. The van der Waals surface area contributed by atoms with Gasteiger partial charge in [-0.2, -0.15) is 0 Å². The van der Waals surface area contributed by atoms with Gasteiger partial charge in [0.2, 0.25) is 10.0 Å². The van der Waals surface area contributed by atoms with E-state index < -0.39 is 33.3 Å². The number of nitrogens with zero attached hydrogens (tertiary/aromatic N) is 1. The fourth-order valence-electron chi connectivity index (χ4n) is 1.03. The van der Waals surface area contributed by atoms with Gasteiger partial charge in [0, 0.05) is 12.1 Å². The molecule has 0 aromatic heterocycles. The summed E-state index contributed by atoms with van der Waals surface area (Å²) in [7, 11) is -4.31. The summed E-state index contributed by atoms with van der Waals surface area (Å²) < 4.78 is 59.9. The van der Waals surface area contributed by atoms with E-state index in [2.05, 4.69) is 0 Å². The average Bonchev–Trinajstić information content (AvgIpc) is 2.26. The maximum atomic E-state index is 11.9. The normalized spacial score (nSPS) is 12.4. The van der Waals surface area contributed by atoms with E-state index in [1.165, 1.54) is 4.72 Å². The van der Waals surface area contributed by atoms with Crippen molar-refractivity contribution in [3.05, 3.63) is 34.4 Å². The first-order chi connectivity index (χ1) is 8.12. The van der Waals surface area contributed by atoms with Crippen LogP contribution in [0.3, 0.4) is 0 Å². The van der Waals surface area contributed by atoms with Crippen molar-refractivity contribution in [3.8, 4) is 0 Å². The minimum atomic E-state index is -5.28. The zero-order chi connectivity index (χ0) is 14.0. The van der Waals surface area contributed by atoms with Crippen LogP contribution in [0.2, 0.25) is 0 Å². The lowest BCUT2D eigenvalue weighted by molar-refractivity contribution is -0.384. The second kappa shape index (κ2) is 4.94. The molecular formula is C7H7BF3N2O4S-. The Morgan fingerprint density at radius 2 is 1.72 bits per heavy atom. The number of halogens is 3. The van der Waals surface area contributed by atoms with E-state index in [0.29, 0.717) is 0 Å². The van der Waals surface area contributed by atoms with E-state index in [1.54, 1.807) is 0 Å². The molecule has 18 heavy (non-hydrogen) atoms. The van der Waals surface area contributed by atoms with Gasteiger partial charge in [0.15, 0.2) is 0 Å². The molecule has 0 saturated carbocycles. The SMILES string of the molecule is O=[N+]([O-])c1ccc(S(=O)(=O)NC[B-](F)(F)F)cc1. The van der Waals surface area contributed by atoms with Gasteiger partial charge >= 0.3 is 6.98 Å². The highest BCUT2D eigenvalue weighted by atomic mass is 32.2. The second-order valence-electron chi connectivity index (χ2n) is 3.31. The summed E-state index contributed by atoms with van der Waals surface area (Å²) in [6.45, 7) is -5.28. The van der Waals surface area contributed by atoms with Crippen LogP contribution in [0.15, 0.2) is 29.2 Å². The highest BCUT2D eigenvalue weighted by molar-refractivity contribution is 7.89. The van der Waals surface area contributed by atoms with Crippen LogP contribution >= 0.6 is 0 Å². The van der Waals surface area contributed by atoms with Gasteiger partial charge in [-0.25, -0.2) is 13.1 Å². The number of sulfonamides is 1. The largest absolute Gasteiger partial charge is 0.492 e. The summed E-state index contributed by atoms with van der Waals surface area (Å²) in [5, 5.41) is 10.3. The van der Waals surface area contributed by atoms with Crippen LogP contribution in [-0.2, 0) is 10.0 Å². The molecule has 11 heteroatoms. The van der Waals surface area contributed by atoms with Gasteiger partial charge in [-0.1, -0.05) is 0 Å². The molecule has 1 aromatic carbocycles.